The number of rotatable bonds is 1. The maximum absolute atomic E-state index is 12.9. The Morgan fingerprint density at radius 1 is 1.39 bits per heavy atom. The van der Waals surface area contributed by atoms with Crippen molar-refractivity contribution in [2.45, 2.75) is 13.1 Å². The van der Waals surface area contributed by atoms with E-state index in [0.29, 0.717) is 23.5 Å². The average Bonchev–Trinajstić information content (AvgIpc) is 2.22. The number of likely N-dealkylation sites (tertiary alicyclic amines) is 1. The first-order valence-corrected chi connectivity index (χ1v) is 6.24. The lowest BCUT2D eigenvalue weighted by molar-refractivity contribution is -0.138. The number of amides is 1. The third-order valence-corrected chi connectivity index (χ3v) is 3.36. The van der Waals surface area contributed by atoms with Crippen LogP contribution in [0.3, 0.4) is 0 Å². The second-order valence-electron chi connectivity index (χ2n) is 4.50. The average molecular weight is 322 g/mol. The van der Waals surface area contributed by atoms with E-state index in [2.05, 4.69) is 15.9 Å². The highest BCUT2D eigenvalue weighted by Crippen LogP contribution is 2.35. The molecule has 1 heterocycles. The van der Waals surface area contributed by atoms with Gasteiger partial charge in [-0.25, -0.2) is 0 Å². The predicted octanol–water partition coefficient (Wildman–Crippen LogP) is 3.56. The van der Waals surface area contributed by atoms with Gasteiger partial charge in [0, 0.05) is 17.6 Å². The Labute approximate surface area is 111 Å². The summed E-state index contributed by atoms with van der Waals surface area (Å²) in [6.07, 6.45) is -4.52. The van der Waals surface area contributed by atoms with E-state index in [1.54, 1.807) is 0 Å². The first kappa shape index (κ1) is 13.4. The Morgan fingerprint density at radius 2 is 2.00 bits per heavy atom. The molecule has 1 fully saturated rings. The van der Waals surface area contributed by atoms with Gasteiger partial charge in [-0.2, -0.15) is 13.2 Å². The molecule has 2 nitrogen and oxygen atoms in total. The van der Waals surface area contributed by atoms with Crippen LogP contribution in [0.2, 0.25) is 0 Å². The maximum atomic E-state index is 12.9. The van der Waals surface area contributed by atoms with Gasteiger partial charge in [-0.1, -0.05) is 22.9 Å². The summed E-state index contributed by atoms with van der Waals surface area (Å²) in [5, 5.41) is 0. The summed E-state index contributed by atoms with van der Waals surface area (Å²) in [5.41, 5.74) is -1.17. The molecule has 0 saturated carbocycles. The van der Waals surface area contributed by atoms with Gasteiger partial charge in [0.25, 0.3) is 5.91 Å². The molecule has 0 N–H and O–H groups in total. The van der Waals surface area contributed by atoms with Crippen molar-refractivity contribution in [2.75, 3.05) is 13.1 Å². The Morgan fingerprint density at radius 3 is 2.50 bits per heavy atom. The highest BCUT2D eigenvalue weighted by atomic mass is 79.9. The monoisotopic (exact) mass is 321 g/mol. The highest BCUT2D eigenvalue weighted by molar-refractivity contribution is 9.10. The van der Waals surface area contributed by atoms with Crippen LogP contribution in [0.15, 0.2) is 22.7 Å². The maximum Gasteiger partial charge on any atom is 0.417 e. The molecule has 2 rings (SSSR count). The Hall–Kier alpha value is -1.04. The van der Waals surface area contributed by atoms with Crippen molar-refractivity contribution in [2.24, 2.45) is 5.92 Å². The summed E-state index contributed by atoms with van der Waals surface area (Å²) >= 11 is 2.99. The molecule has 0 atom stereocenters. The molecule has 6 heteroatoms. The molecule has 18 heavy (non-hydrogen) atoms. The number of hydrogen-bond acceptors (Lipinski definition) is 1. The van der Waals surface area contributed by atoms with Gasteiger partial charge in [0.05, 0.1) is 11.1 Å². The molecule has 0 spiro atoms. The third kappa shape index (κ3) is 2.53. The molecule has 0 aromatic heterocycles. The number of alkyl halides is 3. The van der Waals surface area contributed by atoms with Gasteiger partial charge < -0.3 is 4.90 Å². The van der Waals surface area contributed by atoms with Crippen LogP contribution in [0.4, 0.5) is 13.2 Å². The van der Waals surface area contributed by atoms with Crippen molar-refractivity contribution >= 4 is 21.8 Å². The van der Waals surface area contributed by atoms with Gasteiger partial charge in [-0.15, -0.1) is 0 Å². The smallest absolute Gasteiger partial charge is 0.338 e. The molecule has 1 saturated heterocycles. The van der Waals surface area contributed by atoms with Crippen LogP contribution in [-0.4, -0.2) is 23.9 Å². The Balaban J connectivity index is 2.35. The van der Waals surface area contributed by atoms with E-state index in [0.717, 1.165) is 6.07 Å². The molecule has 1 amide bonds. The first-order chi connectivity index (χ1) is 8.29. The molecule has 0 bridgehead atoms. The molecule has 1 aliphatic heterocycles. The summed E-state index contributed by atoms with van der Waals surface area (Å²) in [7, 11) is 0. The number of carbonyl (C=O) groups is 1. The molecular weight excluding hydrogens is 311 g/mol. The van der Waals surface area contributed by atoms with Crippen LogP contribution in [0.5, 0.6) is 0 Å². The van der Waals surface area contributed by atoms with Crippen molar-refractivity contribution < 1.29 is 18.0 Å². The van der Waals surface area contributed by atoms with E-state index < -0.39 is 17.6 Å². The summed E-state index contributed by atoms with van der Waals surface area (Å²) in [4.78, 5) is 13.4. The fourth-order valence-corrected chi connectivity index (χ4v) is 2.33. The van der Waals surface area contributed by atoms with Crippen molar-refractivity contribution in [1.29, 1.82) is 0 Å². The summed E-state index contributed by atoms with van der Waals surface area (Å²) in [5.74, 6) is -0.188. The standard InChI is InChI=1S/C12H11BrF3NO/c1-7-5-17(6-7)11(18)9-3-2-8(13)4-10(9)12(14,15)16/h2-4,7H,5-6H2,1H3. The fraction of sp³-hybridized carbons (Fsp3) is 0.417. The lowest BCUT2D eigenvalue weighted by Crippen LogP contribution is -2.49. The molecule has 98 valence electrons. The van der Waals surface area contributed by atoms with E-state index in [1.807, 2.05) is 6.92 Å². The molecule has 0 unspecified atom stereocenters. The van der Waals surface area contributed by atoms with Crippen LogP contribution in [-0.2, 0) is 6.18 Å². The first-order valence-electron chi connectivity index (χ1n) is 5.45. The van der Waals surface area contributed by atoms with E-state index in [-0.39, 0.29) is 5.56 Å². The van der Waals surface area contributed by atoms with Crippen molar-refractivity contribution in [3.63, 3.8) is 0 Å². The van der Waals surface area contributed by atoms with Crippen molar-refractivity contribution in [1.82, 2.24) is 4.90 Å². The summed E-state index contributed by atoms with van der Waals surface area (Å²) < 4.78 is 38.9. The van der Waals surface area contributed by atoms with Gasteiger partial charge in [0.15, 0.2) is 0 Å². The lowest BCUT2D eigenvalue weighted by Gasteiger charge is -2.37. The second kappa shape index (κ2) is 4.57. The van der Waals surface area contributed by atoms with Crippen LogP contribution >= 0.6 is 15.9 Å². The molecule has 0 aliphatic carbocycles. The van der Waals surface area contributed by atoms with Gasteiger partial charge in [-0.05, 0) is 24.1 Å². The quantitative estimate of drug-likeness (QED) is 0.774. The van der Waals surface area contributed by atoms with Gasteiger partial charge >= 0.3 is 6.18 Å². The van der Waals surface area contributed by atoms with Crippen LogP contribution in [0.25, 0.3) is 0 Å². The van der Waals surface area contributed by atoms with E-state index in [1.165, 1.54) is 17.0 Å². The zero-order valence-corrected chi connectivity index (χ0v) is 11.2. The third-order valence-electron chi connectivity index (χ3n) is 2.87. The number of carbonyl (C=O) groups excluding carboxylic acids is 1. The zero-order valence-electron chi connectivity index (χ0n) is 9.59. The summed E-state index contributed by atoms with van der Waals surface area (Å²) in [6.45, 7) is 2.99. The van der Waals surface area contributed by atoms with Gasteiger partial charge in [0.2, 0.25) is 0 Å². The van der Waals surface area contributed by atoms with Crippen molar-refractivity contribution in [3.8, 4) is 0 Å². The predicted molar refractivity (Wildman–Crippen MR) is 64.2 cm³/mol. The molecule has 0 radical (unpaired) electrons. The van der Waals surface area contributed by atoms with Crippen LogP contribution in [0, 0.1) is 5.92 Å². The normalized spacial score (nSPS) is 16.6. The lowest BCUT2D eigenvalue weighted by atomic mass is 9.99. The van der Waals surface area contributed by atoms with E-state index in [9.17, 15) is 18.0 Å². The zero-order chi connectivity index (χ0) is 13.5. The minimum absolute atomic E-state index is 0.280. The highest BCUT2D eigenvalue weighted by Gasteiger charge is 2.38. The Kier molecular flexibility index (Phi) is 3.40. The summed E-state index contributed by atoms with van der Waals surface area (Å²) in [6, 6.07) is 3.61. The Bertz CT molecular complexity index is 481. The van der Waals surface area contributed by atoms with Crippen LogP contribution < -0.4 is 0 Å². The number of hydrogen-bond donors (Lipinski definition) is 0. The minimum atomic E-state index is -4.52. The van der Waals surface area contributed by atoms with E-state index >= 15 is 0 Å². The minimum Gasteiger partial charge on any atom is -0.338 e. The van der Waals surface area contributed by atoms with Crippen molar-refractivity contribution in [3.05, 3.63) is 33.8 Å². The number of benzene rings is 1. The number of nitrogens with zero attached hydrogens (tertiary/aromatic N) is 1. The molecule has 1 aliphatic rings. The topological polar surface area (TPSA) is 20.3 Å². The van der Waals surface area contributed by atoms with Crippen LogP contribution in [0.1, 0.15) is 22.8 Å². The molecule has 1 aromatic carbocycles. The second-order valence-corrected chi connectivity index (χ2v) is 5.42. The number of halogens is 4. The fourth-order valence-electron chi connectivity index (χ4n) is 1.97. The largest absolute Gasteiger partial charge is 0.417 e. The SMILES string of the molecule is CC1CN(C(=O)c2ccc(Br)cc2C(F)(F)F)C1. The molecule has 1 aromatic rings. The van der Waals surface area contributed by atoms with Gasteiger partial charge in [0.1, 0.15) is 0 Å². The van der Waals surface area contributed by atoms with E-state index in [4.69, 9.17) is 0 Å². The van der Waals surface area contributed by atoms with Gasteiger partial charge in [-0.3, -0.25) is 4.79 Å². The molecular formula is C12H11BrF3NO.